The number of methoxy groups -OCH3 is 1. The van der Waals surface area contributed by atoms with Crippen molar-refractivity contribution in [2.75, 3.05) is 7.11 Å². The van der Waals surface area contributed by atoms with Crippen LogP contribution in [0.2, 0.25) is 0 Å². The lowest BCUT2D eigenvalue weighted by molar-refractivity contribution is 0.412. The van der Waals surface area contributed by atoms with Gasteiger partial charge in [-0.25, -0.2) is 9.67 Å². The lowest BCUT2D eigenvalue weighted by Crippen LogP contribution is -2.08. The van der Waals surface area contributed by atoms with E-state index in [0.29, 0.717) is 12.5 Å². The molecule has 0 atom stereocenters. The van der Waals surface area contributed by atoms with E-state index in [2.05, 4.69) is 39.7 Å². The molecular weight excluding hydrogens is 404 g/mol. The number of ether oxygens (including phenoxy) is 1. The quantitative estimate of drug-likeness (QED) is 0.415. The van der Waals surface area contributed by atoms with Crippen LogP contribution in [0.25, 0.3) is 11.3 Å². The van der Waals surface area contributed by atoms with Crippen LogP contribution < -0.4 is 4.74 Å². The molecule has 154 valence electrons. The van der Waals surface area contributed by atoms with E-state index >= 15 is 0 Å². The summed E-state index contributed by atoms with van der Waals surface area (Å²) in [5.74, 6) is 7.99. The van der Waals surface area contributed by atoms with Gasteiger partial charge >= 0.3 is 0 Å². The van der Waals surface area contributed by atoms with Crippen molar-refractivity contribution in [1.82, 2.24) is 20.0 Å². The van der Waals surface area contributed by atoms with Gasteiger partial charge in [-0.05, 0) is 48.6 Å². The summed E-state index contributed by atoms with van der Waals surface area (Å²) in [6.07, 6.45) is 5.63. The highest BCUT2D eigenvalue weighted by atomic mass is 32.1. The fourth-order valence-electron chi connectivity index (χ4n) is 3.62. The highest BCUT2D eigenvalue weighted by molar-refractivity contribution is 7.10. The Morgan fingerprint density at radius 3 is 2.77 bits per heavy atom. The first-order valence-electron chi connectivity index (χ1n) is 10.4. The normalized spacial score (nSPS) is 13.3. The number of rotatable bonds is 5. The van der Waals surface area contributed by atoms with E-state index in [4.69, 9.17) is 9.72 Å². The van der Waals surface area contributed by atoms with E-state index in [0.717, 1.165) is 33.1 Å². The second kappa shape index (κ2) is 8.75. The van der Waals surface area contributed by atoms with Gasteiger partial charge < -0.3 is 4.74 Å². The third kappa shape index (κ3) is 4.37. The first-order valence-corrected chi connectivity index (χ1v) is 11.3. The summed E-state index contributed by atoms with van der Waals surface area (Å²) >= 11 is 1.64. The van der Waals surface area contributed by atoms with E-state index < -0.39 is 0 Å². The second-order valence-corrected chi connectivity index (χ2v) is 8.52. The third-order valence-corrected chi connectivity index (χ3v) is 6.40. The fourth-order valence-corrected chi connectivity index (χ4v) is 4.36. The molecule has 1 fully saturated rings. The van der Waals surface area contributed by atoms with Crippen molar-refractivity contribution < 1.29 is 4.74 Å². The molecule has 1 aliphatic carbocycles. The molecule has 2 aromatic heterocycles. The van der Waals surface area contributed by atoms with Crippen molar-refractivity contribution in [2.45, 2.75) is 31.7 Å². The van der Waals surface area contributed by atoms with Gasteiger partial charge in [-0.15, -0.1) is 16.4 Å². The fraction of sp³-hybridized carbons (Fsp3) is 0.240. The minimum absolute atomic E-state index is 0.637. The molecular formula is C25H22N4OS. The van der Waals surface area contributed by atoms with Crippen LogP contribution in [0, 0.1) is 11.8 Å². The van der Waals surface area contributed by atoms with Crippen LogP contribution in [0.1, 0.15) is 47.0 Å². The second-order valence-electron chi connectivity index (χ2n) is 7.66. The van der Waals surface area contributed by atoms with Crippen LogP contribution in [0.4, 0.5) is 0 Å². The van der Waals surface area contributed by atoms with Crippen LogP contribution in [-0.4, -0.2) is 27.1 Å². The van der Waals surface area contributed by atoms with Gasteiger partial charge in [0.1, 0.15) is 5.75 Å². The first-order chi connectivity index (χ1) is 15.3. The SMILES string of the molecule is COc1ccc(Cn2nncc2-c2cccc(C#Cc3nc(C4CCC4)cs3)c2)cc1. The number of thiazole rings is 1. The van der Waals surface area contributed by atoms with Crippen LogP contribution in [0.3, 0.4) is 0 Å². The minimum atomic E-state index is 0.637. The predicted molar refractivity (Wildman–Crippen MR) is 122 cm³/mol. The molecule has 5 rings (SSSR count). The summed E-state index contributed by atoms with van der Waals surface area (Å²) in [5, 5.41) is 11.5. The number of hydrogen-bond donors (Lipinski definition) is 0. The maximum atomic E-state index is 5.24. The summed E-state index contributed by atoms with van der Waals surface area (Å²) in [5.41, 5.74) is 5.30. The van der Waals surface area contributed by atoms with Crippen molar-refractivity contribution >= 4 is 11.3 Å². The van der Waals surface area contributed by atoms with Crippen molar-refractivity contribution in [3.8, 4) is 28.8 Å². The van der Waals surface area contributed by atoms with Crippen LogP contribution >= 0.6 is 11.3 Å². The zero-order valence-electron chi connectivity index (χ0n) is 17.3. The molecule has 0 saturated heterocycles. The van der Waals surface area contributed by atoms with Crippen LogP contribution in [0.15, 0.2) is 60.1 Å². The third-order valence-electron chi connectivity index (χ3n) is 5.63. The van der Waals surface area contributed by atoms with Gasteiger partial charge in [-0.2, -0.15) is 0 Å². The van der Waals surface area contributed by atoms with E-state index in [9.17, 15) is 0 Å². The molecule has 2 aromatic carbocycles. The molecule has 0 aliphatic heterocycles. The Morgan fingerprint density at radius 1 is 1.13 bits per heavy atom. The van der Waals surface area contributed by atoms with Gasteiger partial charge in [-0.3, -0.25) is 0 Å². The van der Waals surface area contributed by atoms with Crippen molar-refractivity contribution in [2.24, 2.45) is 0 Å². The van der Waals surface area contributed by atoms with Crippen molar-refractivity contribution in [3.05, 3.63) is 81.9 Å². The molecule has 4 aromatic rings. The molecule has 1 aliphatic rings. The molecule has 5 nitrogen and oxygen atoms in total. The van der Waals surface area contributed by atoms with Gasteiger partial charge in [0.15, 0.2) is 5.01 Å². The number of hydrogen-bond acceptors (Lipinski definition) is 5. The summed E-state index contributed by atoms with van der Waals surface area (Å²) < 4.78 is 7.14. The average molecular weight is 427 g/mol. The van der Waals surface area contributed by atoms with Gasteiger partial charge in [-0.1, -0.05) is 41.8 Å². The van der Waals surface area contributed by atoms with Gasteiger partial charge in [0.25, 0.3) is 0 Å². The van der Waals surface area contributed by atoms with Crippen molar-refractivity contribution in [3.63, 3.8) is 0 Å². The summed E-state index contributed by atoms with van der Waals surface area (Å²) in [4.78, 5) is 4.70. The Labute approximate surface area is 185 Å². The van der Waals surface area contributed by atoms with E-state index in [1.165, 1.54) is 25.0 Å². The largest absolute Gasteiger partial charge is 0.497 e. The van der Waals surface area contributed by atoms with Crippen LogP contribution in [-0.2, 0) is 6.54 Å². The topological polar surface area (TPSA) is 52.8 Å². The van der Waals surface area contributed by atoms with E-state index in [-0.39, 0.29) is 0 Å². The summed E-state index contributed by atoms with van der Waals surface area (Å²) in [7, 11) is 1.67. The lowest BCUT2D eigenvalue weighted by Gasteiger charge is -2.22. The van der Waals surface area contributed by atoms with Crippen LogP contribution in [0.5, 0.6) is 5.75 Å². The molecule has 31 heavy (non-hydrogen) atoms. The standard InChI is InChI=1S/C25H22N4OS/c1-30-22-11-8-19(9-12-22)16-29-24(15-26-28-29)21-7-2-4-18(14-21)10-13-25-27-23(17-31-25)20-5-3-6-20/h2,4,7-9,11-12,14-15,17,20H,3,5-6,16H2,1H3. The Balaban J connectivity index is 1.35. The van der Waals surface area contributed by atoms with Gasteiger partial charge in [0.05, 0.1) is 31.2 Å². The number of nitrogens with zero attached hydrogens (tertiary/aromatic N) is 4. The lowest BCUT2D eigenvalue weighted by atomic mass is 9.83. The maximum Gasteiger partial charge on any atom is 0.167 e. The Hall–Kier alpha value is -3.43. The molecule has 0 bridgehead atoms. The highest BCUT2D eigenvalue weighted by Crippen LogP contribution is 2.36. The van der Waals surface area contributed by atoms with E-state index in [1.807, 2.05) is 41.1 Å². The number of benzene rings is 2. The number of aromatic nitrogens is 4. The zero-order valence-corrected chi connectivity index (χ0v) is 18.1. The minimum Gasteiger partial charge on any atom is -0.497 e. The molecule has 0 radical (unpaired) electrons. The predicted octanol–water partition coefficient (Wildman–Crippen LogP) is 5.13. The van der Waals surface area contributed by atoms with Gasteiger partial charge in [0.2, 0.25) is 0 Å². The average Bonchev–Trinajstić information content (AvgIpc) is 3.42. The molecule has 6 heteroatoms. The Bertz CT molecular complexity index is 1240. The molecule has 2 heterocycles. The molecule has 0 N–H and O–H groups in total. The first kappa shape index (κ1) is 19.5. The summed E-state index contributed by atoms with van der Waals surface area (Å²) in [6, 6.07) is 16.2. The molecule has 0 spiro atoms. The highest BCUT2D eigenvalue weighted by Gasteiger charge is 2.21. The Kier molecular flexibility index (Phi) is 5.51. The monoisotopic (exact) mass is 426 g/mol. The maximum absolute atomic E-state index is 5.24. The van der Waals surface area contributed by atoms with Crippen molar-refractivity contribution in [1.29, 1.82) is 0 Å². The van der Waals surface area contributed by atoms with E-state index in [1.54, 1.807) is 24.6 Å². The van der Waals surface area contributed by atoms with Gasteiger partial charge in [0, 0.05) is 22.4 Å². The molecule has 0 amide bonds. The molecule has 0 unspecified atom stereocenters. The zero-order chi connectivity index (χ0) is 21.0. The molecule has 1 saturated carbocycles. The summed E-state index contributed by atoms with van der Waals surface area (Å²) in [6.45, 7) is 0.637. The Morgan fingerprint density at radius 2 is 2.00 bits per heavy atom. The smallest absolute Gasteiger partial charge is 0.167 e.